The molecule has 3 rings (SSSR count). The lowest BCUT2D eigenvalue weighted by atomic mass is 10.2. The van der Waals surface area contributed by atoms with E-state index in [1.54, 1.807) is 0 Å². The number of halogens is 1. The highest BCUT2D eigenvalue weighted by Crippen LogP contribution is 2.19. The molecule has 118 valence electrons. The van der Waals surface area contributed by atoms with Gasteiger partial charge in [0.1, 0.15) is 0 Å². The van der Waals surface area contributed by atoms with Crippen LogP contribution in [0.1, 0.15) is 23.4 Å². The Morgan fingerprint density at radius 1 is 1.18 bits per heavy atom. The number of pyridine rings is 1. The maximum Gasteiger partial charge on any atom is 0.0951 e. The maximum absolute atomic E-state index is 6.27. The number of nitrogens with zero attached hydrogens (tertiary/aromatic N) is 4. The Morgan fingerprint density at radius 2 is 1.95 bits per heavy atom. The molecule has 0 amide bonds. The van der Waals surface area contributed by atoms with Crippen LogP contribution in [0.25, 0.3) is 0 Å². The number of aryl methyl sites for hydroxylation is 1. The predicted molar refractivity (Wildman–Crippen MR) is 87.7 cm³/mol. The van der Waals surface area contributed by atoms with Gasteiger partial charge in [0.25, 0.3) is 0 Å². The van der Waals surface area contributed by atoms with Crippen LogP contribution in [-0.2, 0) is 13.1 Å². The third kappa shape index (κ3) is 3.85. The van der Waals surface area contributed by atoms with Gasteiger partial charge in [0.2, 0.25) is 0 Å². The minimum atomic E-state index is 0.775. The Morgan fingerprint density at radius 3 is 2.59 bits per heavy atom. The molecule has 2 aromatic heterocycles. The van der Waals surface area contributed by atoms with Crippen LogP contribution in [0.5, 0.6) is 0 Å². The first-order valence-corrected chi connectivity index (χ1v) is 8.13. The lowest BCUT2D eigenvalue weighted by molar-refractivity contribution is 0.245. The lowest BCUT2D eigenvalue weighted by Crippen LogP contribution is -2.30. The topological polar surface area (TPSA) is 48.1 Å². The SMILES string of the molecule is Cc1[nH]nc(CN2CCCN(Cc3cccnc3)CC2)c1Cl. The Bertz CT molecular complexity index is 598. The molecule has 3 heterocycles. The maximum atomic E-state index is 6.27. The molecule has 0 bridgehead atoms. The second-order valence-electron chi connectivity index (χ2n) is 5.88. The van der Waals surface area contributed by atoms with Crippen LogP contribution in [0, 0.1) is 6.92 Å². The van der Waals surface area contributed by atoms with Crippen molar-refractivity contribution < 1.29 is 0 Å². The summed E-state index contributed by atoms with van der Waals surface area (Å²) in [6.07, 6.45) is 4.94. The van der Waals surface area contributed by atoms with Crippen molar-refractivity contribution >= 4 is 11.6 Å². The highest BCUT2D eigenvalue weighted by atomic mass is 35.5. The van der Waals surface area contributed by atoms with Gasteiger partial charge < -0.3 is 0 Å². The molecule has 0 atom stereocenters. The van der Waals surface area contributed by atoms with E-state index in [0.717, 1.165) is 55.7 Å². The van der Waals surface area contributed by atoms with Crippen LogP contribution in [0.15, 0.2) is 24.5 Å². The molecule has 2 aromatic rings. The van der Waals surface area contributed by atoms with Crippen LogP contribution in [0.2, 0.25) is 5.02 Å². The normalized spacial score (nSPS) is 17.5. The van der Waals surface area contributed by atoms with Crippen LogP contribution in [0.3, 0.4) is 0 Å². The fourth-order valence-electron chi connectivity index (χ4n) is 2.87. The summed E-state index contributed by atoms with van der Waals surface area (Å²) in [5.41, 5.74) is 3.19. The van der Waals surface area contributed by atoms with E-state index in [2.05, 4.69) is 31.0 Å². The summed E-state index contributed by atoms with van der Waals surface area (Å²) >= 11 is 6.27. The van der Waals surface area contributed by atoms with Crippen molar-refractivity contribution in [3.8, 4) is 0 Å². The van der Waals surface area contributed by atoms with Gasteiger partial charge in [-0.25, -0.2) is 0 Å². The van der Waals surface area contributed by atoms with Gasteiger partial charge >= 0.3 is 0 Å². The minimum Gasteiger partial charge on any atom is -0.298 e. The number of nitrogens with one attached hydrogen (secondary N) is 1. The van der Waals surface area contributed by atoms with Crippen molar-refractivity contribution in [2.24, 2.45) is 0 Å². The van der Waals surface area contributed by atoms with Gasteiger partial charge in [0.15, 0.2) is 0 Å². The van der Waals surface area contributed by atoms with Crippen LogP contribution in [0.4, 0.5) is 0 Å². The fourth-order valence-corrected chi connectivity index (χ4v) is 3.02. The molecule has 1 fully saturated rings. The number of aromatic nitrogens is 3. The highest BCUT2D eigenvalue weighted by Gasteiger charge is 2.17. The summed E-state index contributed by atoms with van der Waals surface area (Å²) in [6.45, 7) is 8.08. The smallest absolute Gasteiger partial charge is 0.0951 e. The van der Waals surface area contributed by atoms with Crippen molar-refractivity contribution in [1.29, 1.82) is 0 Å². The van der Waals surface area contributed by atoms with Gasteiger partial charge in [-0.05, 0) is 38.1 Å². The molecule has 1 aliphatic heterocycles. The predicted octanol–water partition coefficient (Wildman–Crippen LogP) is 2.47. The first kappa shape index (κ1) is 15.5. The average Bonchev–Trinajstić information content (AvgIpc) is 2.74. The molecule has 0 spiro atoms. The van der Waals surface area contributed by atoms with E-state index in [4.69, 9.17) is 11.6 Å². The molecule has 0 aromatic carbocycles. The minimum absolute atomic E-state index is 0.775. The molecular formula is C16H22ClN5. The number of hydrogen-bond donors (Lipinski definition) is 1. The van der Waals surface area contributed by atoms with Gasteiger partial charge in [-0.1, -0.05) is 17.7 Å². The summed E-state index contributed by atoms with van der Waals surface area (Å²) in [6, 6.07) is 4.14. The van der Waals surface area contributed by atoms with Gasteiger partial charge in [0, 0.05) is 38.6 Å². The zero-order valence-corrected chi connectivity index (χ0v) is 13.7. The summed E-state index contributed by atoms with van der Waals surface area (Å²) in [7, 11) is 0. The Balaban J connectivity index is 1.55. The first-order chi connectivity index (χ1) is 10.7. The van der Waals surface area contributed by atoms with E-state index in [0.29, 0.717) is 0 Å². The van der Waals surface area contributed by atoms with Crippen molar-refractivity contribution in [2.75, 3.05) is 26.2 Å². The van der Waals surface area contributed by atoms with Crippen molar-refractivity contribution in [1.82, 2.24) is 25.0 Å². The number of aromatic amines is 1. The van der Waals surface area contributed by atoms with Crippen LogP contribution >= 0.6 is 11.6 Å². The standard InChI is InChI=1S/C16H22ClN5/c1-13-16(17)15(20-19-13)12-22-7-3-6-21(8-9-22)11-14-4-2-5-18-10-14/h2,4-5,10H,3,6-9,11-12H2,1H3,(H,19,20). The van der Waals surface area contributed by atoms with Crippen molar-refractivity contribution in [3.63, 3.8) is 0 Å². The Kier molecular flexibility index (Phi) is 5.08. The van der Waals surface area contributed by atoms with Gasteiger partial charge in [0.05, 0.1) is 16.4 Å². The van der Waals surface area contributed by atoms with Crippen LogP contribution in [-0.4, -0.2) is 51.2 Å². The molecular weight excluding hydrogens is 298 g/mol. The molecule has 22 heavy (non-hydrogen) atoms. The lowest BCUT2D eigenvalue weighted by Gasteiger charge is -2.21. The van der Waals surface area contributed by atoms with E-state index in [-0.39, 0.29) is 0 Å². The third-order valence-corrected chi connectivity index (χ3v) is 4.63. The molecule has 0 aliphatic carbocycles. The van der Waals surface area contributed by atoms with E-state index in [1.807, 2.05) is 25.4 Å². The van der Waals surface area contributed by atoms with Gasteiger partial charge in [-0.15, -0.1) is 0 Å². The highest BCUT2D eigenvalue weighted by molar-refractivity contribution is 6.31. The quantitative estimate of drug-likeness (QED) is 0.940. The molecule has 5 nitrogen and oxygen atoms in total. The number of H-pyrrole nitrogens is 1. The van der Waals surface area contributed by atoms with Gasteiger partial charge in [-0.2, -0.15) is 5.10 Å². The molecule has 1 N–H and O–H groups in total. The van der Waals surface area contributed by atoms with E-state index in [9.17, 15) is 0 Å². The second kappa shape index (κ2) is 7.22. The molecule has 0 saturated carbocycles. The largest absolute Gasteiger partial charge is 0.298 e. The van der Waals surface area contributed by atoms with Crippen molar-refractivity contribution in [3.05, 3.63) is 46.5 Å². The molecule has 1 aliphatic rings. The van der Waals surface area contributed by atoms with Gasteiger partial charge in [-0.3, -0.25) is 19.9 Å². The summed E-state index contributed by atoms with van der Waals surface area (Å²) < 4.78 is 0. The monoisotopic (exact) mass is 319 g/mol. The average molecular weight is 320 g/mol. The van der Waals surface area contributed by atoms with E-state index in [1.165, 1.54) is 12.0 Å². The molecule has 0 unspecified atom stereocenters. The first-order valence-electron chi connectivity index (χ1n) is 7.75. The number of rotatable bonds is 4. The fraction of sp³-hybridized carbons (Fsp3) is 0.500. The van der Waals surface area contributed by atoms with Crippen LogP contribution < -0.4 is 0 Å². The summed E-state index contributed by atoms with van der Waals surface area (Å²) in [5.74, 6) is 0. The molecule has 0 radical (unpaired) electrons. The third-order valence-electron chi connectivity index (χ3n) is 4.12. The van der Waals surface area contributed by atoms with E-state index >= 15 is 0 Å². The zero-order chi connectivity index (χ0) is 15.4. The second-order valence-corrected chi connectivity index (χ2v) is 6.25. The Labute approximate surface area is 136 Å². The molecule has 6 heteroatoms. The summed E-state index contributed by atoms with van der Waals surface area (Å²) in [4.78, 5) is 9.12. The summed E-state index contributed by atoms with van der Waals surface area (Å²) in [5, 5.41) is 8.04. The number of hydrogen-bond acceptors (Lipinski definition) is 4. The van der Waals surface area contributed by atoms with E-state index < -0.39 is 0 Å². The molecule has 1 saturated heterocycles. The Hall–Kier alpha value is -1.43. The van der Waals surface area contributed by atoms with Crippen molar-refractivity contribution in [2.45, 2.75) is 26.4 Å². The zero-order valence-electron chi connectivity index (χ0n) is 12.9.